The van der Waals surface area contributed by atoms with Gasteiger partial charge in [-0.2, -0.15) is 0 Å². The highest BCUT2D eigenvalue weighted by Gasteiger charge is 2.32. The molecule has 0 spiro atoms. The van der Waals surface area contributed by atoms with Gasteiger partial charge in [-0.3, -0.25) is 0 Å². The summed E-state index contributed by atoms with van der Waals surface area (Å²) in [4.78, 5) is 11.1. The van der Waals surface area contributed by atoms with E-state index in [9.17, 15) is 0 Å². The van der Waals surface area contributed by atoms with Crippen molar-refractivity contribution in [2.24, 2.45) is 0 Å². The van der Waals surface area contributed by atoms with Crippen LogP contribution in [0.15, 0.2) is 146 Å². The molecule has 58 heavy (non-hydrogen) atoms. The molecule has 2 aromatic heterocycles. The molecule has 0 N–H and O–H groups in total. The molecule has 0 unspecified atom stereocenters. The molecular weight excluding hydrogens is 729 g/mol. The van der Waals surface area contributed by atoms with Crippen LogP contribution in [-0.2, 0) is 0 Å². The number of imidazole rings is 2. The van der Waals surface area contributed by atoms with Gasteiger partial charge in [0.1, 0.15) is 34.5 Å². The maximum Gasteiger partial charge on any atom is 0.164 e. The lowest BCUT2D eigenvalue weighted by Crippen LogP contribution is -2.16. The molecule has 0 saturated carbocycles. The van der Waals surface area contributed by atoms with Crippen LogP contribution in [0.2, 0.25) is 0 Å². The predicted molar refractivity (Wildman–Crippen MR) is 227 cm³/mol. The number of hydrogen-bond acceptors (Lipinski definition) is 8. The van der Waals surface area contributed by atoms with E-state index in [-0.39, 0.29) is 0 Å². The first-order valence-corrected chi connectivity index (χ1v) is 18.6. The van der Waals surface area contributed by atoms with Crippen molar-refractivity contribution < 1.29 is 28.4 Å². The van der Waals surface area contributed by atoms with Crippen LogP contribution in [0.25, 0.3) is 67.8 Å². The summed E-state index contributed by atoms with van der Waals surface area (Å²) in [5.41, 5.74) is 7.73. The fourth-order valence-electron chi connectivity index (χ4n) is 7.22. The molecule has 290 valence electrons. The fraction of sp³-hybridized carbons (Fsp3) is 0.125. The number of methoxy groups -OCH3 is 6. The second-order valence-electron chi connectivity index (χ2n) is 13.2. The van der Waals surface area contributed by atoms with Crippen LogP contribution in [-0.4, -0.2) is 62.0 Å². The summed E-state index contributed by atoms with van der Waals surface area (Å²) in [6.45, 7) is 0. The summed E-state index contributed by atoms with van der Waals surface area (Å²) >= 11 is 0. The summed E-state index contributed by atoms with van der Waals surface area (Å²) in [6.07, 6.45) is 0. The van der Waals surface area contributed by atoms with E-state index >= 15 is 0 Å². The largest absolute Gasteiger partial charge is 0.497 e. The topological polar surface area (TPSA) is 91.0 Å². The Kier molecular flexibility index (Phi) is 10.5. The van der Waals surface area contributed by atoms with Crippen LogP contribution in [0.5, 0.6) is 34.5 Å². The minimum atomic E-state index is 0.586. The van der Waals surface area contributed by atoms with Gasteiger partial charge in [0, 0.05) is 22.3 Å². The molecule has 0 aliphatic heterocycles. The van der Waals surface area contributed by atoms with Gasteiger partial charge in [-0.15, -0.1) is 0 Å². The third-order valence-corrected chi connectivity index (χ3v) is 9.98. The van der Waals surface area contributed by atoms with Crippen LogP contribution in [0.4, 0.5) is 0 Å². The van der Waals surface area contributed by atoms with Crippen LogP contribution < -0.4 is 28.4 Å². The highest BCUT2D eigenvalue weighted by molar-refractivity contribution is 5.88. The maximum absolute atomic E-state index is 6.05. The van der Waals surface area contributed by atoms with Gasteiger partial charge in [0.2, 0.25) is 0 Å². The first kappa shape index (κ1) is 37.5. The molecule has 0 amide bonds. The predicted octanol–water partition coefficient (Wildman–Crippen LogP) is 10.4. The molecule has 0 fully saturated rings. The minimum absolute atomic E-state index is 0.586. The van der Waals surface area contributed by atoms with E-state index in [1.165, 1.54) is 0 Å². The summed E-state index contributed by atoms with van der Waals surface area (Å²) in [5.74, 6) is 5.19. The zero-order valence-corrected chi connectivity index (χ0v) is 33.1. The van der Waals surface area contributed by atoms with Crippen molar-refractivity contribution in [3.05, 3.63) is 146 Å². The fourth-order valence-corrected chi connectivity index (χ4v) is 7.22. The average Bonchev–Trinajstić information content (AvgIpc) is 3.88. The number of rotatable bonds is 13. The quantitative estimate of drug-likeness (QED) is 0.114. The third-order valence-electron chi connectivity index (χ3n) is 9.98. The van der Waals surface area contributed by atoms with Gasteiger partial charge in [-0.05, 0) is 72.8 Å². The molecular formula is C48H42N4O6. The van der Waals surface area contributed by atoms with E-state index in [4.69, 9.17) is 38.4 Å². The zero-order chi connectivity index (χ0) is 40.2. The first-order valence-electron chi connectivity index (χ1n) is 18.6. The Bertz CT molecular complexity index is 2550. The molecule has 6 aromatic carbocycles. The SMILES string of the molecule is COc1cccc(-c2nc(-c3ccccc3OC)n(-n3c(-c4ccccc4OC)nc(-c4cccc(OC)c4)c3-c3cccc(OC)c3)c2-c2cccc(OC)c2)c1. The van der Waals surface area contributed by atoms with E-state index in [2.05, 4.69) is 21.5 Å². The average molecular weight is 771 g/mol. The number of para-hydroxylation sites is 2. The standard InChI is InChI=1S/C48H42N4O6/c1-53-35-19-11-15-31(27-35)43-45(33-17-13-21-37(29-33)55-3)51(47(49-43)39-23-7-9-25-41(39)57-5)52-46(34-18-14-22-38(30-34)56-4)44(32-16-12-20-36(28-32)54-2)50-48(52)40-24-8-10-26-42(40)58-6/h7-30H,1-6H3. The van der Waals surface area contributed by atoms with E-state index < -0.39 is 0 Å². The van der Waals surface area contributed by atoms with Gasteiger partial charge in [0.15, 0.2) is 11.6 Å². The Labute approximate surface area is 337 Å². The third kappa shape index (κ3) is 6.85. The number of hydrogen-bond donors (Lipinski definition) is 0. The Hall–Kier alpha value is -7.46. The van der Waals surface area contributed by atoms with Crippen molar-refractivity contribution in [1.29, 1.82) is 0 Å². The lowest BCUT2D eigenvalue weighted by atomic mass is 10.0. The van der Waals surface area contributed by atoms with E-state index in [0.717, 1.165) is 44.8 Å². The molecule has 8 rings (SSSR count). The lowest BCUT2D eigenvalue weighted by molar-refractivity contribution is 0.414. The molecule has 0 aliphatic carbocycles. The number of ether oxygens (including phenoxy) is 6. The van der Waals surface area contributed by atoms with Crippen molar-refractivity contribution in [3.8, 4) is 102 Å². The van der Waals surface area contributed by atoms with Crippen LogP contribution in [0.1, 0.15) is 0 Å². The van der Waals surface area contributed by atoms with E-state index in [0.29, 0.717) is 57.5 Å². The smallest absolute Gasteiger partial charge is 0.164 e. The molecule has 0 aliphatic rings. The van der Waals surface area contributed by atoms with Gasteiger partial charge < -0.3 is 28.4 Å². The molecule has 0 radical (unpaired) electrons. The molecule has 8 aromatic rings. The second-order valence-corrected chi connectivity index (χ2v) is 13.2. The van der Waals surface area contributed by atoms with Gasteiger partial charge in [-0.1, -0.05) is 72.8 Å². The van der Waals surface area contributed by atoms with Crippen molar-refractivity contribution in [1.82, 2.24) is 19.3 Å². The van der Waals surface area contributed by atoms with Gasteiger partial charge in [0.25, 0.3) is 0 Å². The molecule has 10 heteroatoms. The summed E-state index contributed by atoms with van der Waals surface area (Å²) < 4.78 is 39.5. The summed E-state index contributed by atoms with van der Waals surface area (Å²) in [6, 6.07) is 47.5. The highest BCUT2D eigenvalue weighted by Crippen LogP contribution is 2.46. The van der Waals surface area contributed by atoms with E-state index in [1.807, 2.05) is 133 Å². The number of benzene rings is 6. The Morgan fingerprint density at radius 3 is 1.02 bits per heavy atom. The first-order chi connectivity index (χ1) is 28.5. The van der Waals surface area contributed by atoms with Gasteiger partial charge in [0.05, 0.1) is 76.6 Å². The normalized spacial score (nSPS) is 10.9. The number of nitrogens with zero attached hydrogens (tertiary/aromatic N) is 4. The van der Waals surface area contributed by atoms with Crippen molar-refractivity contribution in [3.63, 3.8) is 0 Å². The molecule has 10 nitrogen and oxygen atoms in total. The summed E-state index contributed by atoms with van der Waals surface area (Å²) in [7, 11) is 9.97. The van der Waals surface area contributed by atoms with Gasteiger partial charge >= 0.3 is 0 Å². The zero-order valence-electron chi connectivity index (χ0n) is 33.1. The van der Waals surface area contributed by atoms with E-state index in [1.54, 1.807) is 42.7 Å². The summed E-state index contributed by atoms with van der Waals surface area (Å²) in [5, 5.41) is 0. The van der Waals surface area contributed by atoms with Crippen molar-refractivity contribution in [2.45, 2.75) is 0 Å². The maximum atomic E-state index is 6.05. The van der Waals surface area contributed by atoms with Gasteiger partial charge in [-0.25, -0.2) is 19.3 Å². The second kappa shape index (κ2) is 16.3. The van der Waals surface area contributed by atoms with Crippen LogP contribution in [0, 0.1) is 0 Å². The Balaban J connectivity index is 1.64. The number of aromatic nitrogens is 4. The Morgan fingerprint density at radius 1 is 0.345 bits per heavy atom. The van der Waals surface area contributed by atoms with Crippen molar-refractivity contribution >= 4 is 0 Å². The molecule has 0 atom stereocenters. The molecule has 0 saturated heterocycles. The molecule has 0 bridgehead atoms. The lowest BCUT2D eigenvalue weighted by Gasteiger charge is -2.21. The molecule has 2 heterocycles. The minimum Gasteiger partial charge on any atom is -0.497 e. The van der Waals surface area contributed by atoms with Crippen LogP contribution in [0.3, 0.4) is 0 Å². The van der Waals surface area contributed by atoms with Crippen LogP contribution >= 0.6 is 0 Å². The highest BCUT2D eigenvalue weighted by atomic mass is 16.5. The Morgan fingerprint density at radius 2 is 0.672 bits per heavy atom. The van der Waals surface area contributed by atoms with Crippen molar-refractivity contribution in [2.75, 3.05) is 42.7 Å². The monoisotopic (exact) mass is 770 g/mol.